The molecule has 2 rings (SSSR count). The molecule has 1 aliphatic carbocycles. The van der Waals surface area contributed by atoms with Gasteiger partial charge in [0, 0.05) is 12.5 Å². The Bertz CT molecular complexity index is 484. The van der Waals surface area contributed by atoms with Crippen LogP contribution in [-0.2, 0) is 4.79 Å². The minimum absolute atomic E-state index is 0.0550. The number of hydrogen-bond donors (Lipinski definition) is 2. The number of rotatable bonds is 4. The highest BCUT2D eigenvalue weighted by Crippen LogP contribution is 2.27. The maximum absolute atomic E-state index is 12.1. The summed E-state index contributed by atoms with van der Waals surface area (Å²) in [5, 5.41) is 3.10. The summed E-state index contributed by atoms with van der Waals surface area (Å²) in [4.78, 5) is 12.1. The highest BCUT2D eigenvalue weighted by molar-refractivity contribution is 5.76. The van der Waals surface area contributed by atoms with E-state index in [-0.39, 0.29) is 18.0 Å². The Hall–Kier alpha value is -1.35. The molecule has 1 aliphatic rings. The molecular weight excluding hydrogens is 248 g/mol. The van der Waals surface area contributed by atoms with E-state index >= 15 is 0 Å². The van der Waals surface area contributed by atoms with E-state index in [9.17, 15) is 4.79 Å². The second-order valence-corrected chi connectivity index (χ2v) is 6.19. The Morgan fingerprint density at radius 2 is 2.10 bits per heavy atom. The van der Waals surface area contributed by atoms with Gasteiger partial charge in [-0.15, -0.1) is 0 Å². The fraction of sp³-hybridized carbons (Fsp3) is 0.588. The number of carbonyl (C=O) groups excluding carboxylic acids is 1. The second kappa shape index (κ2) is 6.40. The summed E-state index contributed by atoms with van der Waals surface area (Å²) in [6, 6.07) is 6.62. The molecule has 0 heterocycles. The summed E-state index contributed by atoms with van der Waals surface area (Å²) in [6.45, 7) is 6.24. The van der Waals surface area contributed by atoms with E-state index in [1.54, 1.807) is 0 Å². The molecule has 1 saturated carbocycles. The molecule has 1 fully saturated rings. The Labute approximate surface area is 121 Å². The lowest BCUT2D eigenvalue weighted by atomic mass is 9.98. The van der Waals surface area contributed by atoms with Crippen molar-refractivity contribution in [2.24, 2.45) is 11.7 Å². The third kappa shape index (κ3) is 3.60. The fourth-order valence-electron chi connectivity index (χ4n) is 2.97. The normalized spacial score (nSPS) is 23.6. The molecular formula is C17H26N2O. The molecule has 3 atom stereocenters. The fourth-order valence-corrected chi connectivity index (χ4v) is 2.97. The molecule has 0 radical (unpaired) electrons. The number of nitrogens with two attached hydrogens (primary N) is 1. The largest absolute Gasteiger partial charge is 0.350 e. The summed E-state index contributed by atoms with van der Waals surface area (Å²) in [7, 11) is 0. The first-order chi connectivity index (χ1) is 9.47. The average molecular weight is 274 g/mol. The van der Waals surface area contributed by atoms with Crippen LogP contribution in [0.4, 0.5) is 0 Å². The van der Waals surface area contributed by atoms with Gasteiger partial charge < -0.3 is 11.1 Å². The third-order valence-corrected chi connectivity index (χ3v) is 4.57. The maximum atomic E-state index is 12.1. The molecule has 3 heteroatoms. The Morgan fingerprint density at radius 1 is 1.35 bits per heavy atom. The molecule has 1 unspecified atom stereocenters. The SMILES string of the molecule is Cc1ccc(C(C)NC(=O)C[C@@H]2CCC[C@H]2N)cc1C. The van der Waals surface area contributed by atoms with Crippen molar-refractivity contribution in [1.82, 2.24) is 5.32 Å². The third-order valence-electron chi connectivity index (χ3n) is 4.57. The molecule has 0 aromatic heterocycles. The lowest BCUT2D eigenvalue weighted by Gasteiger charge is -2.19. The van der Waals surface area contributed by atoms with Gasteiger partial charge in [-0.1, -0.05) is 24.6 Å². The number of nitrogens with one attached hydrogen (secondary N) is 1. The van der Waals surface area contributed by atoms with Gasteiger partial charge in [0.1, 0.15) is 0 Å². The molecule has 20 heavy (non-hydrogen) atoms. The highest BCUT2D eigenvalue weighted by Gasteiger charge is 2.26. The van der Waals surface area contributed by atoms with Crippen LogP contribution in [0, 0.1) is 19.8 Å². The van der Waals surface area contributed by atoms with Gasteiger partial charge in [0.05, 0.1) is 6.04 Å². The van der Waals surface area contributed by atoms with Crippen molar-refractivity contribution in [1.29, 1.82) is 0 Å². The van der Waals surface area contributed by atoms with Gasteiger partial charge in [0.25, 0.3) is 0 Å². The average Bonchev–Trinajstić information content (AvgIpc) is 2.78. The number of benzene rings is 1. The van der Waals surface area contributed by atoms with Crippen molar-refractivity contribution in [3.8, 4) is 0 Å². The highest BCUT2D eigenvalue weighted by atomic mass is 16.1. The number of hydrogen-bond acceptors (Lipinski definition) is 2. The minimum Gasteiger partial charge on any atom is -0.350 e. The van der Waals surface area contributed by atoms with Crippen LogP contribution in [0.15, 0.2) is 18.2 Å². The van der Waals surface area contributed by atoms with Crippen LogP contribution >= 0.6 is 0 Å². The zero-order valence-electron chi connectivity index (χ0n) is 12.8. The smallest absolute Gasteiger partial charge is 0.220 e. The van der Waals surface area contributed by atoms with E-state index in [4.69, 9.17) is 5.73 Å². The van der Waals surface area contributed by atoms with Crippen LogP contribution in [-0.4, -0.2) is 11.9 Å². The van der Waals surface area contributed by atoms with Gasteiger partial charge in [0.2, 0.25) is 5.91 Å². The van der Waals surface area contributed by atoms with Crippen molar-refractivity contribution < 1.29 is 4.79 Å². The van der Waals surface area contributed by atoms with Gasteiger partial charge in [-0.25, -0.2) is 0 Å². The van der Waals surface area contributed by atoms with Crippen LogP contribution < -0.4 is 11.1 Å². The zero-order chi connectivity index (χ0) is 14.7. The van der Waals surface area contributed by atoms with Crippen LogP contribution in [0.1, 0.15) is 55.3 Å². The molecule has 1 aromatic rings. The van der Waals surface area contributed by atoms with Crippen molar-refractivity contribution >= 4 is 5.91 Å². The van der Waals surface area contributed by atoms with Crippen LogP contribution in [0.2, 0.25) is 0 Å². The second-order valence-electron chi connectivity index (χ2n) is 6.19. The first-order valence-electron chi connectivity index (χ1n) is 7.59. The van der Waals surface area contributed by atoms with Crippen LogP contribution in [0.3, 0.4) is 0 Å². The minimum atomic E-state index is 0.0550. The van der Waals surface area contributed by atoms with Gasteiger partial charge in [0.15, 0.2) is 0 Å². The summed E-state index contributed by atoms with van der Waals surface area (Å²) in [6.07, 6.45) is 3.87. The van der Waals surface area contributed by atoms with Crippen molar-refractivity contribution in [2.45, 2.75) is 58.5 Å². The Balaban J connectivity index is 1.91. The predicted molar refractivity (Wildman–Crippen MR) is 82.4 cm³/mol. The molecule has 0 bridgehead atoms. The first-order valence-corrected chi connectivity index (χ1v) is 7.59. The van der Waals surface area contributed by atoms with E-state index in [0.29, 0.717) is 12.3 Å². The molecule has 3 N–H and O–H groups in total. The molecule has 1 aromatic carbocycles. The molecule has 1 amide bonds. The summed E-state index contributed by atoms with van der Waals surface area (Å²) >= 11 is 0. The maximum Gasteiger partial charge on any atom is 0.220 e. The molecule has 3 nitrogen and oxygen atoms in total. The van der Waals surface area contributed by atoms with Crippen molar-refractivity contribution in [3.63, 3.8) is 0 Å². The monoisotopic (exact) mass is 274 g/mol. The lowest BCUT2D eigenvalue weighted by molar-refractivity contribution is -0.122. The van der Waals surface area contributed by atoms with E-state index in [2.05, 4.69) is 37.4 Å². The van der Waals surface area contributed by atoms with Crippen LogP contribution in [0.25, 0.3) is 0 Å². The van der Waals surface area contributed by atoms with Gasteiger partial charge in [-0.05, 0) is 56.2 Å². The lowest BCUT2D eigenvalue weighted by Crippen LogP contribution is -2.32. The summed E-state index contributed by atoms with van der Waals surface area (Å²) < 4.78 is 0. The quantitative estimate of drug-likeness (QED) is 0.886. The predicted octanol–water partition coefficient (Wildman–Crippen LogP) is 3.00. The van der Waals surface area contributed by atoms with E-state index in [0.717, 1.165) is 24.8 Å². The Morgan fingerprint density at radius 3 is 2.70 bits per heavy atom. The number of carbonyl (C=O) groups is 1. The van der Waals surface area contributed by atoms with Gasteiger partial charge in [-0.2, -0.15) is 0 Å². The van der Waals surface area contributed by atoms with Gasteiger partial charge >= 0.3 is 0 Å². The first kappa shape index (κ1) is 15.0. The topological polar surface area (TPSA) is 55.1 Å². The Kier molecular flexibility index (Phi) is 4.81. The summed E-state index contributed by atoms with van der Waals surface area (Å²) in [5.41, 5.74) is 9.74. The van der Waals surface area contributed by atoms with Crippen LogP contribution in [0.5, 0.6) is 0 Å². The molecule has 0 aliphatic heterocycles. The molecule has 0 spiro atoms. The molecule has 110 valence electrons. The van der Waals surface area contributed by atoms with Crippen molar-refractivity contribution in [2.75, 3.05) is 0 Å². The molecule has 0 saturated heterocycles. The van der Waals surface area contributed by atoms with E-state index in [1.807, 2.05) is 6.92 Å². The van der Waals surface area contributed by atoms with E-state index < -0.39 is 0 Å². The summed E-state index contributed by atoms with van der Waals surface area (Å²) in [5.74, 6) is 0.486. The zero-order valence-corrected chi connectivity index (χ0v) is 12.8. The number of amides is 1. The number of aryl methyl sites for hydroxylation is 2. The van der Waals surface area contributed by atoms with E-state index in [1.165, 1.54) is 11.1 Å². The van der Waals surface area contributed by atoms with Gasteiger partial charge in [-0.3, -0.25) is 4.79 Å². The standard InChI is InChI=1S/C17H26N2O/c1-11-7-8-14(9-12(11)2)13(3)19-17(20)10-15-5-4-6-16(15)18/h7-9,13,15-16H,4-6,10,18H2,1-3H3,(H,19,20)/t13?,15-,16+/m0/s1. The van der Waals surface area contributed by atoms with Crippen molar-refractivity contribution in [3.05, 3.63) is 34.9 Å².